The third-order valence-corrected chi connectivity index (χ3v) is 5.28. The van der Waals surface area contributed by atoms with Gasteiger partial charge < -0.3 is 19.9 Å². The first-order chi connectivity index (χ1) is 12.7. The molecule has 3 aliphatic heterocycles. The summed E-state index contributed by atoms with van der Waals surface area (Å²) in [6.45, 7) is 10.9. The second-order valence-electron chi connectivity index (χ2n) is 7.03. The third-order valence-electron chi connectivity index (χ3n) is 5.28. The summed E-state index contributed by atoms with van der Waals surface area (Å²) in [4.78, 5) is 9.85. The molecule has 0 spiro atoms. The van der Waals surface area contributed by atoms with Gasteiger partial charge in [-0.05, 0) is 13.3 Å². The summed E-state index contributed by atoms with van der Waals surface area (Å²) in [5.74, 6) is 2.60. The van der Waals surface area contributed by atoms with Gasteiger partial charge in [-0.25, -0.2) is 4.99 Å². The van der Waals surface area contributed by atoms with Gasteiger partial charge in [0.25, 0.3) is 0 Å². The first-order valence-corrected chi connectivity index (χ1v) is 9.49. The number of methoxy groups -OCH3 is 1. The van der Waals surface area contributed by atoms with Gasteiger partial charge in [-0.1, -0.05) is 0 Å². The molecule has 1 aromatic heterocycles. The van der Waals surface area contributed by atoms with Gasteiger partial charge in [0.2, 0.25) is 0 Å². The van der Waals surface area contributed by atoms with Crippen LogP contribution >= 0.6 is 24.0 Å². The number of rotatable bonds is 8. The average molecular weight is 492 g/mol. The summed E-state index contributed by atoms with van der Waals surface area (Å²) in [5.41, 5.74) is 0. The van der Waals surface area contributed by atoms with E-state index in [1.165, 1.54) is 26.2 Å². The summed E-state index contributed by atoms with van der Waals surface area (Å²) >= 11 is 0. The summed E-state index contributed by atoms with van der Waals surface area (Å²) in [5, 5.41) is 15.2. The maximum absolute atomic E-state index is 5.13. The van der Waals surface area contributed by atoms with Crippen molar-refractivity contribution in [2.45, 2.75) is 25.9 Å². The van der Waals surface area contributed by atoms with E-state index in [0.29, 0.717) is 12.6 Å². The van der Waals surface area contributed by atoms with Crippen LogP contribution in [0, 0.1) is 6.92 Å². The van der Waals surface area contributed by atoms with Crippen molar-refractivity contribution in [3.63, 3.8) is 0 Å². The smallest absolute Gasteiger partial charge is 0.191 e. The number of aliphatic imine (C=N–C) groups is 1. The monoisotopic (exact) mass is 492 g/mol. The SMILES string of the molecule is COCCCNC(=NCc1nnc(C)n1C)NCC1CN2CCN1CC2.I. The minimum atomic E-state index is 0. The van der Waals surface area contributed by atoms with Crippen molar-refractivity contribution in [3.05, 3.63) is 11.6 Å². The number of nitrogens with zero attached hydrogens (tertiary/aromatic N) is 6. The molecule has 3 saturated heterocycles. The molecule has 0 aliphatic carbocycles. The van der Waals surface area contributed by atoms with Gasteiger partial charge in [0.1, 0.15) is 12.4 Å². The molecule has 10 heteroatoms. The molecule has 3 fully saturated rings. The predicted octanol–water partition coefficient (Wildman–Crippen LogP) is -0.187. The van der Waals surface area contributed by atoms with E-state index < -0.39 is 0 Å². The van der Waals surface area contributed by atoms with Gasteiger partial charge >= 0.3 is 0 Å². The predicted molar refractivity (Wildman–Crippen MR) is 117 cm³/mol. The molecule has 1 unspecified atom stereocenters. The van der Waals surface area contributed by atoms with Crippen molar-refractivity contribution in [2.75, 3.05) is 59.5 Å². The molecule has 9 nitrogen and oxygen atoms in total. The molecule has 1 aromatic rings. The quantitative estimate of drug-likeness (QED) is 0.226. The topological polar surface area (TPSA) is 82.8 Å². The van der Waals surface area contributed by atoms with E-state index >= 15 is 0 Å². The van der Waals surface area contributed by atoms with Crippen LogP contribution in [-0.2, 0) is 18.3 Å². The molecule has 4 rings (SSSR count). The van der Waals surface area contributed by atoms with Crippen molar-refractivity contribution in [3.8, 4) is 0 Å². The number of guanidine groups is 1. The van der Waals surface area contributed by atoms with E-state index in [9.17, 15) is 0 Å². The van der Waals surface area contributed by atoms with Crippen LogP contribution in [0.15, 0.2) is 4.99 Å². The van der Waals surface area contributed by atoms with Crippen LogP contribution in [0.4, 0.5) is 0 Å². The third kappa shape index (κ3) is 6.26. The number of fused-ring (bicyclic) bond motifs is 3. The molecule has 0 saturated carbocycles. The highest BCUT2D eigenvalue weighted by Crippen LogP contribution is 2.14. The highest BCUT2D eigenvalue weighted by Gasteiger charge is 2.31. The lowest BCUT2D eigenvalue weighted by molar-refractivity contribution is 0.0154. The Kier molecular flexibility index (Phi) is 9.19. The molecule has 1 atom stereocenters. The Morgan fingerprint density at radius 2 is 2.00 bits per heavy atom. The van der Waals surface area contributed by atoms with Crippen LogP contribution in [0.5, 0.6) is 0 Å². The van der Waals surface area contributed by atoms with Crippen LogP contribution in [0.1, 0.15) is 18.1 Å². The van der Waals surface area contributed by atoms with E-state index in [1.54, 1.807) is 7.11 Å². The van der Waals surface area contributed by atoms with E-state index in [0.717, 1.165) is 50.3 Å². The van der Waals surface area contributed by atoms with Crippen LogP contribution < -0.4 is 10.6 Å². The number of aryl methyl sites for hydroxylation is 1. The van der Waals surface area contributed by atoms with Crippen LogP contribution in [0.3, 0.4) is 0 Å². The average Bonchev–Trinajstić information content (AvgIpc) is 2.99. The normalized spacial score (nSPS) is 24.6. The van der Waals surface area contributed by atoms with Gasteiger partial charge in [0.15, 0.2) is 11.8 Å². The Bertz CT molecular complexity index is 600. The number of aromatic nitrogens is 3. The first-order valence-electron chi connectivity index (χ1n) is 9.49. The summed E-state index contributed by atoms with van der Waals surface area (Å²) < 4.78 is 7.10. The Morgan fingerprint density at radius 3 is 2.59 bits per heavy atom. The number of ether oxygens (including phenoxy) is 1. The fraction of sp³-hybridized carbons (Fsp3) is 0.824. The van der Waals surface area contributed by atoms with Crippen molar-refractivity contribution >= 4 is 29.9 Å². The molecule has 0 amide bonds. The summed E-state index contributed by atoms with van der Waals surface area (Å²) in [6.07, 6.45) is 0.948. The Balaban J connectivity index is 0.00000261. The minimum Gasteiger partial charge on any atom is -0.385 e. The standard InChI is InChI=1S/C17H32N8O.HI/c1-14-21-22-16(23(14)2)12-20-17(18-5-4-10-26-3)19-11-15-13-24-6-8-25(15)9-7-24;/h15H,4-13H2,1-3H3,(H2,18,19,20);1H. The molecule has 3 aliphatic rings. The zero-order valence-electron chi connectivity index (χ0n) is 16.6. The zero-order chi connectivity index (χ0) is 18.4. The lowest BCUT2D eigenvalue weighted by atomic mass is 10.1. The Hall–Kier alpha value is -0.980. The molecule has 27 heavy (non-hydrogen) atoms. The second-order valence-corrected chi connectivity index (χ2v) is 7.03. The fourth-order valence-electron chi connectivity index (χ4n) is 3.47. The summed E-state index contributed by atoms with van der Waals surface area (Å²) in [7, 11) is 3.70. The van der Waals surface area contributed by atoms with Crippen LogP contribution in [-0.4, -0.2) is 96.1 Å². The van der Waals surface area contributed by atoms with Crippen LogP contribution in [0.25, 0.3) is 0 Å². The fourth-order valence-corrected chi connectivity index (χ4v) is 3.47. The molecule has 0 radical (unpaired) electrons. The van der Waals surface area contributed by atoms with E-state index in [1.807, 2.05) is 18.5 Å². The highest BCUT2D eigenvalue weighted by atomic mass is 127. The van der Waals surface area contributed by atoms with Gasteiger partial charge in [-0.15, -0.1) is 34.2 Å². The number of hydrogen-bond acceptors (Lipinski definition) is 6. The Morgan fingerprint density at radius 1 is 1.22 bits per heavy atom. The zero-order valence-corrected chi connectivity index (χ0v) is 19.0. The largest absolute Gasteiger partial charge is 0.385 e. The molecular formula is C17H33IN8O. The maximum atomic E-state index is 5.13. The van der Waals surface area contributed by atoms with E-state index in [2.05, 4.69) is 30.6 Å². The van der Waals surface area contributed by atoms with E-state index in [4.69, 9.17) is 9.73 Å². The molecule has 154 valence electrons. The van der Waals surface area contributed by atoms with Gasteiger partial charge in [0, 0.05) is 72.6 Å². The number of hydrogen-bond donors (Lipinski definition) is 2. The Labute approximate surface area is 178 Å². The molecule has 4 heterocycles. The van der Waals surface area contributed by atoms with E-state index in [-0.39, 0.29) is 24.0 Å². The second kappa shape index (κ2) is 11.1. The molecule has 0 aromatic carbocycles. The highest BCUT2D eigenvalue weighted by molar-refractivity contribution is 14.0. The van der Waals surface area contributed by atoms with Crippen LogP contribution in [0.2, 0.25) is 0 Å². The maximum Gasteiger partial charge on any atom is 0.191 e. The number of piperazine rings is 3. The van der Waals surface area contributed by atoms with Gasteiger partial charge in [0.05, 0.1) is 0 Å². The molecule has 2 bridgehead atoms. The molecular weight excluding hydrogens is 459 g/mol. The van der Waals surface area contributed by atoms with Crippen molar-refractivity contribution in [1.82, 2.24) is 35.2 Å². The van der Waals surface area contributed by atoms with Gasteiger partial charge in [-0.3, -0.25) is 9.80 Å². The first kappa shape index (κ1) is 22.3. The number of halogens is 1. The van der Waals surface area contributed by atoms with Gasteiger partial charge in [-0.2, -0.15) is 0 Å². The number of nitrogens with one attached hydrogen (secondary N) is 2. The lowest BCUT2D eigenvalue weighted by Gasteiger charge is -2.47. The van der Waals surface area contributed by atoms with Crippen molar-refractivity contribution in [1.29, 1.82) is 0 Å². The van der Waals surface area contributed by atoms with Crippen molar-refractivity contribution in [2.24, 2.45) is 12.0 Å². The van der Waals surface area contributed by atoms with Crippen molar-refractivity contribution < 1.29 is 4.74 Å². The lowest BCUT2D eigenvalue weighted by Crippen LogP contribution is -2.63. The molecule has 2 N–H and O–H groups in total. The summed E-state index contributed by atoms with van der Waals surface area (Å²) in [6, 6.07) is 0.556. The minimum absolute atomic E-state index is 0.